The smallest absolute Gasteiger partial charge is 0.312 e. The maximum Gasteiger partial charge on any atom is 0.312 e. The van der Waals surface area contributed by atoms with E-state index in [1.807, 2.05) is 0 Å². The van der Waals surface area contributed by atoms with E-state index < -0.39 is 11.9 Å². The average Bonchev–Trinajstić information content (AvgIpc) is 3.07. The van der Waals surface area contributed by atoms with Crippen molar-refractivity contribution in [3.05, 3.63) is 53.6 Å². The van der Waals surface area contributed by atoms with Crippen LogP contribution in [0.25, 0.3) is 0 Å². The average molecular weight is 383 g/mol. The van der Waals surface area contributed by atoms with E-state index in [4.69, 9.17) is 9.47 Å². The Balaban J connectivity index is 1.84. The summed E-state index contributed by atoms with van der Waals surface area (Å²) in [5.74, 6) is -0.316. The Morgan fingerprint density at radius 1 is 1.18 bits per heavy atom. The zero-order chi connectivity index (χ0) is 20.3. The molecule has 1 unspecified atom stereocenters. The van der Waals surface area contributed by atoms with Crippen molar-refractivity contribution in [3.8, 4) is 11.5 Å². The van der Waals surface area contributed by atoms with Gasteiger partial charge in [-0.1, -0.05) is 32.0 Å². The molecule has 28 heavy (non-hydrogen) atoms. The first-order valence-corrected chi connectivity index (χ1v) is 9.36. The van der Waals surface area contributed by atoms with Gasteiger partial charge in [0.15, 0.2) is 11.5 Å². The zero-order valence-electron chi connectivity index (χ0n) is 16.3. The number of methoxy groups -OCH3 is 1. The molecule has 0 spiro atoms. The summed E-state index contributed by atoms with van der Waals surface area (Å²) in [6.07, 6.45) is 0.922. The molecule has 0 aromatic heterocycles. The molecule has 2 aromatic rings. The van der Waals surface area contributed by atoms with Crippen LogP contribution in [0.1, 0.15) is 42.1 Å². The highest BCUT2D eigenvalue weighted by molar-refractivity contribution is 6.09. The Morgan fingerprint density at radius 2 is 1.93 bits per heavy atom. The number of aliphatic carboxylic acids is 1. The number of anilines is 1. The lowest BCUT2D eigenvalue weighted by Crippen LogP contribution is -2.31. The van der Waals surface area contributed by atoms with Gasteiger partial charge in [-0.15, -0.1) is 0 Å². The van der Waals surface area contributed by atoms with Crippen molar-refractivity contribution in [1.82, 2.24) is 0 Å². The van der Waals surface area contributed by atoms with Crippen molar-refractivity contribution >= 4 is 17.6 Å². The fraction of sp³-hybridized carbons (Fsp3) is 0.364. The van der Waals surface area contributed by atoms with Gasteiger partial charge in [0, 0.05) is 17.8 Å². The molecule has 3 rings (SSSR count). The predicted molar refractivity (Wildman–Crippen MR) is 106 cm³/mol. The van der Waals surface area contributed by atoms with Crippen LogP contribution in [-0.2, 0) is 4.79 Å². The summed E-state index contributed by atoms with van der Waals surface area (Å²) >= 11 is 0. The Morgan fingerprint density at radius 3 is 2.61 bits per heavy atom. The lowest BCUT2D eigenvalue weighted by molar-refractivity contribution is -0.138. The topological polar surface area (TPSA) is 76.1 Å². The van der Waals surface area contributed by atoms with Crippen LogP contribution in [0.15, 0.2) is 42.5 Å². The van der Waals surface area contributed by atoms with E-state index in [2.05, 4.69) is 13.8 Å². The van der Waals surface area contributed by atoms with Crippen LogP contribution in [0.3, 0.4) is 0 Å². The van der Waals surface area contributed by atoms with Crippen LogP contribution in [0.5, 0.6) is 11.5 Å². The highest BCUT2D eigenvalue weighted by Crippen LogP contribution is 2.38. The Labute approximate surface area is 164 Å². The fourth-order valence-corrected chi connectivity index (χ4v) is 3.29. The predicted octanol–water partition coefficient (Wildman–Crippen LogP) is 3.95. The molecule has 1 atom stereocenters. The van der Waals surface area contributed by atoms with Crippen LogP contribution in [-0.4, -0.2) is 37.2 Å². The van der Waals surface area contributed by atoms with Gasteiger partial charge in [-0.3, -0.25) is 9.59 Å². The lowest BCUT2D eigenvalue weighted by Gasteiger charge is -2.19. The number of carbonyl (C=O) groups excluding carboxylic acids is 1. The van der Waals surface area contributed by atoms with Crippen molar-refractivity contribution in [3.63, 3.8) is 0 Å². The standard InChI is InChI=1S/C22H25NO5/c1-14(2)10-11-28-19-9-8-15(12-20(19)27-3)21(24)23-13-17(22(25)26)16-6-4-5-7-18(16)23/h4-9,12,14,17H,10-11,13H2,1-3H3,(H,25,26). The monoisotopic (exact) mass is 383 g/mol. The Kier molecular flexibility index (Phi) is 5.87. The van der Waals surface area contributed by atoms with Gasteiger partial charge in [-0.25, -0.2) is 0 Å². The number of hydrogen-bond donors (Lipinski definition) is 1. The molecular formula is C22H25NO5. The molecule has 1 aliphatic rings. The molecule has 1 N–H and O–H groups in total. The first kappa shape index (κ1) is 19.7. The van der Waals surface area contributed by atoms with E-state index >= 15 is 0 Å². The number of carbonyl (C=O) groups is 2. The Bertz CT molecular complexity index is 877. The third-order valence-corrected chi connectivity index (χ3v) is 4.87. The first-order chi connectivity index (χ1) is 13.4. The van der Waals surface area contributed by atoms with Crippen LogP contribution < -0.4 is 14.4 Å². The quantitative estimate of drug-likeness (QED) is 0.783. The summed E-state index contributed by atoms with van der Waals surface area (Å²) < 4.78 is 11.2. The number of carboxylic acid groups (broad SMARTS) is 1. The summed E-state index contributed by atoms with van der Waals surface area (Å²) in [7, 11) is 1.53. The molecule has 6 nitrogen and oxygen atoms in total. The van der Waals surface area contributed by atoms with Crippen LogP contribution in [0, 0.1) is 5.92 Å². The first-order valence-electron chi connectivity index (χ1n) is 9.36. The van der Waals surface area contributed by atoms with E-state index in [9.17, 15) is 14.7 Å². The van der Waals surface area contributed by atoms with Crippen molar-refractivity contribution in [2.75, 3.05) is 25.2 Å². The molecule has 0 aliphatic carbocycles. The third kappa shape index (κ3) is 3.96. The number of fused-ring (bicyclic) bond motifs is 1. The molecule has 1 aliphatic heterocycles. The van der Waals surface area contributed by atoms with Gasteiger partial charge in [0.05, 0.1) is 13.7 Å². The minimum atomic E-state index is -0.936. The van der Waals surface area contributed by atoms with E-state index in [1.165, 1.54) is 12.0 Å². The van der Waals surface area contributed by atoms with Gasteiger partial charge in [0.1, 0.15) is 5.92 Å². The number of ether oxygens (including phenoxy) is 2. The van der Waals surface area contributed by atoms with Crippen molar-refractivity contribution in [2.24, 2.45) is 5.92 Å². The summed E-state index contributed by atoms with van der Waals surface area (Å²) in [6.45, 7) is 4.94. The van der Waals surface area contributed by atoms with Crippen LogP contribution in [0.2, 0.25) is 0 Å². The van der Waals surface area contributed by atoms with Crippen molar-refractivity contribution in [1.29, 1.82) is 0 Å². The number of carboxylic acids is 1. The second kappa shape index (κ2) is 8.33. The zero-order valence-corrected chi connectivity index (χ0v) is 16.3. The number of amides is 1. The summed E-state index contributed by atoms with van der Waals surface area (Å²) in [6, 6.07) is 12.2. The Hall–Kier alpha value is -3.02. The van der Waals surface area contributed by atoms with Crippen LogP contribution >= 0.6 is 0 Å². The second-order valence-corrected chi connectivity index (χ2v) is 7.26. The summed E-state index contributed by atoms with van der Waals surface area (Å²) in [5.41, 5.74) is 1.72. The van der Waals surface area contributed by atoms with E-state index in [0.717, 1.165) is 6.42 Å². The molecule has 0 radical (unpaired) electrons. The highest BCUT2D eigenvalue weighted by Gasteiger charge is 2.36. The van der Waals surface area contributed by atoms with Gasteiger partial charge in [-0.05, 0) is 42.2 Å². The second-order valence-electron chi connectivity index (χ2n) is 7.26. The molecule has 1 amide bonds. The van der Waals surface area contributed by atoms with Crippen molar-refractivity contribution in [2.45, 2.75) is 26.2 Å². The van der Waals surface area contributed by atoms with E-state index in [1.54, 1.807) is 42.5 Å². The largest absolute Gasteiger partial charge is 0.493 e. The fourth-order valence-electron chi connectivity index (χ4n) is 3.29. The van der Waals surface area contributed by atoms with Crippen molar-refractivity contribution < 1.29 is 24.2 Å². The number of rotatable bonds is 7. The maximum absolute atomic E-state index is 13.1. The van der Waals surface area contributed by atoms with E-state index in [-0.39, 0.29) is 12.5 Å². The van der Waals surface area contributed by atoms with E-state index in [0.29, 0.717) is 40.8 Å². The highest BCUT2D eigenvalue weighted by atomic mass is 16.5. The normalized spacial score (nSPS) is 15.4. The van der Waals surface area contributed by atoms with Gasteiger partial charge in [0.25, 0.3) is 5.91 Å². The number of para-hydroxylation sites is 1. The molecule has 0 fully saturated rings. The molecule has 0 bridgehead atoms. The summed E-state index contributed by atoms with van der Waals surface area (Å²) in [4.78, 5) is 26.2. The van der Waals surface area contributed by atoms with Gasteiger partial charge < -0.3 is 19.5 Å². The van der Waals surface area contributed by atoms with Crippen LogP contribution in [0.4, 0.5) is 5.69 Å². The molecule has 2 aromatic carbocycles. The molecule has 0 saturated heterocycles. The van der Waals surface area contributed by atoms with Gasteiger partial charge in [0.2, 0.25) is 0 Å². The molecule has 148 valence electrons. The number of nitrogens with zero attached hydrogens (tertiary/aromatic N) is 1. The molecule has 1 heterocycles. The van der Waals surface area contributed by atoms with Gasteiger partial charge in [-0.2, -0.15) is 0 Å². The maximum atomic E-state index is 13.1. The number of benzene rings is 2. The molecule has 0 saturated carbocycles. The minimum Gasteiger partial charge on any atom is -0.493 e. The SMILES string of the molecule is COc1cc(C(=O)N2CC(C(=O)O)c3ccccc32)ccc1OCCC(C)C. The molecule has 6 heteroatoms. The third-order valence-electron chi connectivity index (χ3n) is 4.87. The lowest BCUT2D eigenvalue weighted by atomic mass is 10.0. The molecular weight excluding hydrogens is 358 g/mol. The summed E-state index contributed by atoms with van der Waals surface area (Å²) in [5, 5.41) is 9.50. The number of hydrogen-bond acceptors (Lipinski definition) is 4. The minimum absolute atomic E-state index is 0.114. The van der Waals surface area contributed by atoms with Gasteiger partial charge >= 0.3 is 5.97 Å².